The predicted molar refractivity (Wildman–Crippen MR) is 131 cm³/mol. The molecular formula is C20H34IN5O2S. The van der Waals surface area contributed by atoms with Crippen LogP contribution in [-0.2, 0) is 16.4 Å². The molecule has 1 aromatic rings. The Balaban J connectivity index is 0.00000300. The molecule has 2 aliphatic heterocycles. The van der Waals surface area contributed by atoms with E-state index in [2.05, 4.69) is 22.5 Å². The summed E-state index contributed by atoms with van der Waals surface area (Å²) in [6.45, 7) is 8.78. The number of likely N-dealkylation sites (tertiary alicyclic amines) is 1. The van der Waals surface area contributed by atoms with Crippen molar-refractivity contribution >= 4 is 45.6 Å². The van der Waals surface area contributed by atoms with Gasteiger partial charge in [0.25, 0.3) is 0 Å². The Morgan fingerprint density at radius 1 is 1.21 bits per heavy atom. The van der Waals surface area contributed by atoms with E-state index in [9.17, 15) is 8.42 Å². The lowest BCUT2D eigenvalue weighted by Crippen LogP contribution is -2.42. The van der Waals surface area contributed by atoms with Crippen molar-refractivity contribution in [2.24, 2.45) is 4.99 Å². The van der Waals surface area contributed by atoms with Gasteiger partial charge in [0.1, 0.15) is 0 Å². The van der Waals surface area contributed by atoms with E-state index in [1.165, 1.54) is 12.8 Å². The number of guanidine groups is 1. The van der Waals surface area contributed by atoms with E-state index in [1.54, 1.807) is 4.31 Å². The van der Waals surface area contributed by atoms with Crippen LogP contribution in [0.2, 0.25) is 0 Å². The number of benzene rings is 1. The lowest BCUT2D eigenvalue weighted by molar-refractivity contribution is 0.273. The van der Waals surface area contributed by atoms with Crippen molar-refractivity contribution < 1.29 is 8.42 Å². The van der Waals surface area contributed by atoms with Crippen LogP contribution < -0.4 is 14.9 Å². The van der Waals surface area contributed by atoms with Gasteiger partial charge in [-0.3, -0.25) is 14.2 Å². The minimum absolute atomic E-state index is 0. The molecule has 164 valence electrons. The number of hydrogen-bond acceptors (Lipinski definition) is 4. The van der Waals surface area contributed by atoms with Crippen molar-refractivity contribution in [3.8, 4) is 0 Å². The van der Waals surface area contributed by atoms with Gasteiger partial charge in [-0.15, -0.1) is 24.0 Å². The summed E-state index contributed by atoms with van der Waals surface area (Å²) in [5, 5.41) is 6.42. The predicted octanol–water partition coefficient (Wildman–Crippen LogP) is 2.04. The molecule has 1 fully saturated rings. The maximum Gasteiger partial charge on any atom is 0.236 e. The van der Waals surface area contributed by atoms with E-state index in [4.69, 9.17) is 4.99 Å². The molecular weight excluding hydrogens is 501 g/mol. The van der Waals surface area contributed by atoms with E-state index < -0.39 is 10.0 Å². The highest BCUT2D eigenvalue weighted by molar-refractivity contribution is 14.0. The first-order chi connectivity index (χ1) is 13.5. The van der Waals surface area contributed by atoms with E-state index in [0.717, 1.165) is 43.9 Å². The second-order valence-corrected chi connectivity index (χ2v) is 9.35. The third-order valence-electron chi connectivity index (χ3n) is 5.54. The summed E-state index contributed by atoms with van der Waals surface area (Å²) >= 11 is 0. The number of rotatable bonds is 8. The molecule has 2 heterocycles. The number of anilines is 1. The minimum Gasteiger partial charge on any atom is -0.357 e. The van der Waals surface area contributed by atoms with Crippen LogP contribution >= 0.6 is 24.0 Å². The van der Waals surface area contributed by atoms with Crippen molar-refractivity contribution in [1.29, 1.82) is 0 Å². The quantitative estimate of drug-likeness (QED) is 0.303. The number of nitrogens with one attached hydrogen (secondary N) is 2. The molecule has 0 bridgehead atoms. The summed E-state index contributed by atoms with van der Waals surface area (Å²) in [6.07, 6.45) is 3.19. The van der Waals surface area contributed by atoms with Crippen LogP contribution in [0.5, 0.6) is 0 Å². The van der Waals surface area contributed by atoms with Gasteiger partial charge in [0, 0.05) is 25.7 Å². The molecule has 0 radical (unpaired) electrons. The zero-order valence-corrected chi connectivity index (χ0v) is 20.6. The molecule has 29 heavy (non-hydrogen) atoms. The fourth-order valence-corrected chi connectivity index (χ4v) is 5.49. The Bertz CT molecular complexity index is 787. The van der Waals surface area contributed by atoms with Crippen LogP contribution in [0, 0.1) is 0 Å². The first-order valence-electron chi connectivity index (χ1n) is 10.4. The van der Waals surface area contributed by atoms with Gasteiger partial charge in [-0.2, -0.15) is 0 Å². The number of nitrogens with zero attached hydrogens (tertiary/aromatic N) is 3. The molecule has 2 aliphatic rings. The highest BCUT2D eigenvalue weighted by atomic mass is 127. The van der Waals surface area contributed by atoms with E-state index in [1.807, 2.05) is 31.2 Å². The molecule has 1 atom stereocenters. The van der Waals surface area contributed by atoms with E-state index >= 15 is 0 Å². The second kappa shape index (κ2) is 11.4. The monoisotopic (exact) mass is 535 g/mol. The van der Waals surface area contributed by atoms with Crippen molar-refractivity contribution in [3.05, 3.63) is 29.8 Å². The Morgan fingerprint density at radius 2 is 2.00 bits per heavy atom. The van der Waals surface area contributed by atoms with Crippen LogP contribution in [0.1, 0.15) is 32.3 Å². The SMILES string of the molecule is CCNC(=NCC1CCCN1CC)NCCS(=O)(=O)N1CCc2ccccc21.I. The first-order valence-corrected chi connectivity index (χ1v) is 12.0. The summed E-state index contributed by atoms with van der Waals surface area (Å²) in [6, 6.07) is 8.23. The summed E-state index contributed by atoms with van der Waals surface area (Å²) in [4.78, 5) is 7.15. The van der Waals surface area contributed by atoms with Crippen molar-refractivity contribution in [1.82, 2.24) is 15.5 Å². The van der Waals surface area contributed by atoms with Gasteiger partial charge < -0.3 is 10.6 Å². The van der Waals surface area contributed by atoms with Crippen LogP contribution in [0.4, 0.5) is 5.69 Å². The lowest BCUT2D eigenvalue weighted by Gasteiger charge is -2.22. The van der Waals surface area contributed by atoms with Gasteiger partial charge in [0.05, 0.1) is 18.0 Å². The van der Waals surface area contributed by atoms with Gasteiger partial charge in [-0.05, 0) is 50.9 Å². The minimum atomic E-state index is -3.35. The normalized spacial score (nSPS) is 19.7. The fourth-order valence-electron chi connectivity index (χ4n) is 4.06. The molecule has 0 saturated carbocycles. The van der Waals surface area contributed by atoms with Crippen molar-refractivity contribution in [3.63, 3.8) is 0 Å². The van der Waals surface area contributed by atoms with E-state index in [-0.39, 0.29) is 29.7 Å². The Labute approximate surface area is 192 Å². The van der Waals surface area contributed by atoms with Gasteiger partial charge in [0.2, 0.25) is 10.0 Å². The molecule has 1 unspecified atom stereocenters. The van der Waals surface area contributed by atoms with Gasteiger partial charge in [-0.25, -0.2) is 8.42 Å². The fraction of sp³-hybridized carbons (Fsp3) is 0.650. The Hall–Kier alpha value is -1.07. The van der Waals surface area contributed by atoms with Crippen LogP contribution in [0.25, 0.3) is 0 Å². The Morgan fingerprint density at radius 3 is 2.76 bits per heavy atom. The smallest absolute Gasteiger partial charge is 0.236 e. The zero-order chi connectivity index (χ0) is 20.0. The van der Waals surface area contributed by atoms with Gasteiger partial charge in [-0.1, -0.05) is 25.1 Å². The van der Waals surface area contributed by atoms with E-state index in [0.29, 0.717) is 25.1 Å². The average Bonchev–Trinajstić information content (AvgIpc) is 3.32. The van der Waals surface area contributed by atoms with Crippen molar-refractivity contribution in [2.75, 3.05) is 49.3 Å². The summed E-state index contributed by atoms with van der Waals surface area (Å²) in [5.41, 5.74) is 1.93. The van der Waals surface area contributed by atoms with Crippen LogP contribution in [0.15, 0.2) is 29.3 Å². The molecule has 0 aliphatic carbocycles. The Kier molecular flexibility index (Phi) is 9.48. The largest absolute Gasteiger partial charge is 0.357 e. The third-order valence-corrected chi connectivity index (χ3v) is 7.31. The lowest BCUT2D eigenvalue weighted by atomic mass is 10.2. The molecule has 0 amide bonds. The van der Waals surface area contributed by atoms with Gasteiger partial charge in [0.15, 0.2) is 5.96 Å². The third kappa shape index (κ3) is 6.21. The standard InChI is InChI=1S/C20H33N5O2S.HI/c1-3-21-20(23-16-18-9-7-13-24(18)4-2)22-12-15-28(26,27)25-14-11-17-8-5-6-10-19(17)25;/h5-6,8,10,18H,3-4,7,9,11-16H2,1-2H3,(H2,21,22,23);1H. The highest BCUT2D eigenvalue weighted by Gasteiger charge is 2.28. The van der Waals surface area contributed by atoms with Crippen LogP contribution in [-0.4, -0.2) is 70.3 Å². The zero-order valence-electron chi connectivity index (χ0n) is 17.4. The molecule has 1 aromatic carbocycles. The summed E-state index contributed by atoms with van der Waals surface area (Å²) in [7, 11) is -3.35. The summed E-state index contributed by atoms with van der Waals surface area (Å²) in [5.74, 6) is 0.749. The molecule has 3 rings (SSSR count). The topological polar surface area (TPSA) is 77.0 Å². The number of aliphatic imine (C=N–C) groups is 1. The molecule has 1 saturated heterocycles. The van der Waals surface area contributed by atoms with Crippen molar-refractivity contribution in [2.45, 2.75) is 39.2 Å². The summed E-state index contributed by atoms with van der Waals surface area (Å²) < 4.78 is 27.2. The number of sulfonamides is 1. The molecule has 0 aromatic heterocycles. The maximum absolute atomic E-state index is 12.8. The van der Waals surface area contributed by atoms with Crippen LogP contribution in [0.3, 0.4) is 0 Å². The molecule has 7 nitrogen and oxygen atoms in total. The molecule has 9 heteroatoms. The number of hydrogen-bond donors (Lipinski definition) is 2. The number of fused-ring (bicyclic) bond motifs is 1. The number of likely N-dealkylation sites (N-methyl/N-ethyl adjacent to an activating group) is 1. The average molecular weight is 535 g/mol. The number of halogens is 1. The number of para-hydroxylation sites is 1. The molecule has 0 spiro atoms. The molecule has 2 N–H and O–H groups in total. The highest BCUT2D eigenvalue weighted by Crippen LogP contribution is 2.29. The second-order valence-electron chi connectivity index (χ2n) is 7.34. The maximum atomic E-state index is 12.8. The first kappa shape index (κ1) is 24.2. The van der Waals surface area contributed by atoms with Gasteiger partial charge >= 0.3 is 0 Å².